The molecule has 0 spiro atoms. The number of rotatable bonds is 7. The van der Waals surface area contributed by atoms with Gasteiger partial charge in [-0.3, -0.25) is 9.80 Å². The van der Waals surface area contributed by atoms with E-state index in [4.69, 9.17) is 27.9 Å². The quantitative estimate of drug-likeness (QED) is 0.388. The highest BCUT2D eigenvalue weighted by molar-refractivity contribution is 6.33. The Balaban J connectivity index is 2.17. The number of aryl methyl sites for hydroxylation is 2. The summed E-state index contributed by atoms with van der Waals surface area (Å²) < 4.78 is 5.64. The van der Waals surface area contributed by atoms with Crippen LogP contribution in [0.5, 0.6) is 5.75 Å². The summed E-state index contributed by atoms with van der Waals surface area (Å²) in [6.07, 6.45) is 5.11. The molecular weight excluding hydrogens is 427 g/mol. The Bertz CT molecular complexity index is 1020. The standard InChI is InChI=1S/C26H32Cl2N2O/c1-8-19(9-2)22-12-11-20(10-3)17(5)26(22)29-15-24(28)30(18(29)6)25-16(4)13-21(27)14-23(25)31-7/h11-15,19H,6,8-10H2,1-5,7H3. The molecule has 3 rings (SSSR count). The largest absolute Gasteiger partial charge is 0.494 e. The molecule has 0 aromatic heterocycles. The second kappa shape index (κ2) is 9.58. The number of ether oxygens (including phenoxy) is 1. The maximum Gasteiger partial charge on any atom is 0.144 e. The maximum absolute atomic E-state index is 6.81. The molecule has 0 atom stereocenters. The van der Waals surface area contributed by atoms with Crippen LogP contribution in [0.1, 0.15) is 61.8 Å². The van der Waals surface area contributed by atoms with E-state index in [1.165, 1.54) is 22.4 Å². The van der Waals surface area contributed by atoms with Crippen LogP contribution < -0.4 is 14.5 Å². The Kier molecular flexibility index (Phi) is 7.28. The van der Waals surface area contributed by atoms with Crippen molar-refractivity contribution >= 4 is 34.6 Å². The molecule has 31 heavy (non-hydrogen) atoms. The molecule has 166 valence electrons. The first-order chi connectivity index (χ1) is 14.8. The lowest BCUT2D eigenvalue weighted by atomic mass is 9.88. The number of benzene rings is 2. The van der Waals surface area contributed by atoms with Crippen molar-refractivity contribution in [1.29, 1.82) is 0 Å². The lowest BCUT2D eigenvalue weighted by Crippen LogP contribution is -2.25. The van der Waals surface area contributed by atoms with Crippen molar-refractivity contribution in [1.82, 2.24) is 0 Å². The van der Waals surface area contributed by atoms with Crippen LogP contribution in [0.3, 0.4) is 0 Å². The molecule has 0 amide bonds. The molecule has 0 saturated carbocycles. The third-order valence-electron chi connectivity index (χ3n) is 6.28. The van der Waals surface area contributed by atoms with Gasteiger partial charge in [-0.15, -0.1) is 0 Å². The minimum Gasteiger partial charge on any atom is -0.494 e. The minimum absolute atomic E-state index is 0.473. The number of nitrogens with zero attached hydrogens (tertiary/aromatic N) is 2. The van der Waals surface area contributed by atoms with E-state index in [0.29, 0.717) is 21.8 Å². The molecule has 2 aromatic carbocycles. The monoisotopic (exact) mass is 458 g/mol. The van der Waals surface area contributed by atoms with Crippen molar-refractivity contribution < 1.29 is 4.74 Å². The molecule has 5 heteroatoms. The average Bonchev–Trinajstić information content (AvgIpc) is 3.02. The van der Waals surface area contributed by atoms with E-state index in [9.17, 15) is 0 Å². The Morgan fingerprint density at radius 1 is 1.03 bits per heavy atom. The summed E-state index contributed by atoms with van der Waals surface area (Å²) in [6.45, 7) is 15.3. The molecule has 2 aromatic rings. The van der Waals surface area contributed by atoms with Crippen LogP contribution in [0.4, 0.5) is 11.4 Å². The van der Waals surface area contributed by atoms with E-state index in [1.807, 2.05) is 30.2 Å². The van der Waals surface area contributed by atoms with Gasteiger partial charge in [-0.25, -0.2) is 0 Å². The highest BCUT2D eigenvalue weighted by Crippen LogP contribution is 2.46. The molecule has 1 heterocycles. The van der Waals surface area contributed by atoms with E-state index in [2.05, 4.69) is 51.3 Å². The number of methoxy groups -OCH3 is 1. The van der Waals surface area contributed by atoms with Gasteiger partial charge >= 0.3 is 0 Å². The van der Waals surface area contributed by atoms with Gasteiger partial charge in [-0.05, 0) is 67.3 Å². The third kappa shape index (κ3) is 4.18. The van der Waals surface area contributed by atoms with E-state index >= 15 is 0 Å². The third-order valence-corrected chi connectivity index (χ3v) is 6.77. The fraction of sp³-hybridized carbons (Fsp3) is 0.385. The van der Waals surface area contributed by atoms with Gasteiger partial charge in [0.1, 0.15) is 16.7 Å². The van der Waals surface area contributed by atoms with Crippen molar-refractivity contribution in [3.8, 4) is 5.75 Å². The Labute approximate surface area is 196 Å². The number of anilines is 2. The van der Waals surface area contributed by atoms with Gasteiger partial charge in [-0.2, -0.15) is 0 Å². The molecule has 0 fully saturated rings. The van der Waals surface area contributed by atoms with E-state index in [-0.39, 0.29) is 0 Å². The predicted molar refractivity (Wildman–Crippen MR) is 135 cm³/mol. The molecule has 0 aliphatic carbocycles. The SMILES string of the molecule is C=C1N(c2c(C(CC)CC)ccc(CC)c2C)C=C(Cl)N1c1c(C)cc(Cl)cc1OC. The van der Waals surface area contributed by atoms with Gasteiger partial charge in [0.25, 0.3) is 0 Å². The fourth-order valence-electron chi connectivity index (χ4n) is 4.57. The van der Waals surface area contributed by atoms with Crippen LogP contribution in [0, 0.1) is 13.8 Å². The lowest BCUT2D eigenvalue weighted by Gasteiger charge is -2.31. The Morgan fingerprint density at radius 2 is 1.71 bits per heavy atom. The van der Waals surface area contributed by atoms with Crippen LogP contribution in [0.15, 0.2) is 48.0 Å². The van der Waals surface area contributed by atoms with Crippen LogP contribution in [-0.4, -0.2) is 7.11 Å². The molecule has 0 saturated heterocycles. The summed E-state index contributed by atoms with van der Waals surface area (Å²) in [5.74, 6) is 1.91. The Hall–Kier alpha value is -2.10. The summed E-state index contributed by atoms with van der Waals surface area (Å²) in [4.78, 5) is 4.08. The van der Waals surface area contributed by atoms with E-state index < -0.39 is 0 Å². The first kappa shape index (κ1) is 23.6. The highest BCUT2D eigenvalue weighted by Gasteiger charge is 2.33. The second-order valence-electron chi connectivity index (χ2n) is 8.00. The van der Waals surface area contributed by atoms with Crippen molar-refractivity contribution in [2.45, 2.75) is 59.8 Å². The van der Waals surface area contributed by atoms with Gasteiger partial charge in [0.2, 0.25) is 0 Å². The highest BCUT2D eigenvalue weighted by atomic mass is 35.5. The van der Waals surface area contributed by atoms with Crippen LogP contribution >= 0.6 is 23.2 Å². The fourth-order valence-corrected chi connectivity index (χ4v) is 5.11. The van der Waals surface area contributed by atoms with Gasteiger partial charge in [0, 0.05) is 17.3 Å². The van der Waals surface area contributed by atoms with Crippen molar-refractivity contribution in [2.75, 3.05) is 16.9 Å². The molecular formula is C26H32Cl2N2O. The minimum atomic E-state index is 0.473. The Morgan fingerprint density at radius 3 is 2.29 bits per heavy atom. The first-order valence-corrected chi connectivity index (χ1v) is 11.7. The maximum atomic E-state index is 6.81. The first-order valence-electron chi connectivity index (χ1n) is 10.9. The van der Waals surface area contributed by atoms with Gasteiger partial charge in [0.15, 0.2) is 0 Å². The zero-order valence-corrected chi connectivity index (χ0v) is 20.9. The molecule has 0 unspecified atom stereocenters. The average molecular weight is 459 g/mol. The van der Waals surface area contributed by atoms with Gasteiger partial charge in [0.05, 0.1) is 18.5 Å². The smallest absolute Gasteiger partial charge is 0.144 e. The summed E-state index contributed by atoms with van der Waals surface area (Å²) >= 11 is 13.1. The number of hydrogen-bond acceptors (Lipinski definition) is 3. The second-order valence-corrected chi connectivity index (χ2v) is 8.83. The molecule has 0 N–H and O–H groups in total. The zero-order valence-electron chi connectivity index (χ0n) is 19.4. The molecule has 1 aliphatic rings. The molecule has 0 radical (unpaired) electrons. The zero-order chi connectivity index (χ0) is 22.9. The van der Waals surface area contributed by atoms with Crippen LogP contribution in [0.2, 0.25) is 5.02 Å². The van der Waals surface area contributed by atoms with Crippen molar-refractivity contribution in [3.05, 3.63) is 75.3 Å². The molecule has 3 nitrogen and oxygen atoms in total. The van der Waals surface area contributed by atoms with Crippen LogP contribution in [0.25, 0.3) is 0 Å². The molecule has 1 aliphatic heterocycles. The number of halogens is 2. The van der Waals surface area contributed by atoms with E-state index in [1.54, 1.807) is 7.11 Å². The predicted octanol–water partition coefficient (Wildman–Crippen LogP) is 8.27. The molecule has 0 bridgehead atoms. The lowest BCUT2D eigenvalue weighted by molar-refractivity contribution is 0.415. The normalized spacial score (nSPS) is 14.0. The summed E-state index contributed by atoms with van der Waals surface area (Å²) in [5.41, 5.74) is 6.95. The van der Waals surface area contributed by atoms with E-state index in [0.717, 1.165) is 36.3 Å². The number of hydrogen-bond donors (Lipinski definition) is 0. The summed E-state index contributed by atoms with van der Waals surface area (Å²) in [7, 11) is 1.64. The topological polar surface area (TPSA) is 15.7 Å². The van der Waals surface area contributed by atoms with Crippen LogP contribution in [-0.2, 0) is 6.42 Å². The summed E-state index contributed by atoms with van der Waals surface area (Å²) in [6, 6.07) is 8.27. The van der Waals surface area contributed by atoms with Gasteiger partial charge < -0.3 is 4.74 Å². The van der Waals surface area contributed by atoms with Gasteiger partial charge in [-0.1, -0.05) is 62.7 Å². The summed E-state index contributed by atoms with van der Waals surface area (Å²) in [5, 5.41) is 1.20. The van der Waals surface area contributed by atoms with Crippen molar-refractivity contribution in [2.24, 2.45) is 0 Å². The van der Waals surface area contributed by atoms with Crippen molar-refractivity contribution in [3.63, 3.8) is 0 Å².